The molecule has 0 aliphatic heterocycles. The van der Waals surface area contributed by atoms with E-state index in [0.717, 1.165) is 12.3 Å². The molecule has 0 spiro atoms. The average molecular weight is 257 g/mol. The molecule has 0 atom stereocenters. The molecular formula is C15H15NO3. The van der Waals surface area contributed by atoms with Crippen molar-refractivity contribution in [3.8, 4) is 0 Å². The Bertz CT molecular complexity index is 698. The van der Waals surface area contributed by atoms with Crippen LogP contribution in [0, 0.1) is 5.92 Å². The summed E-state index contributed by atoms with van der Waals surface area (Å²) < 4.78 is 1.69. The molecule has 0 saturated heterocycles. The number of para-hydroxylation sites is 1. The van der Waals surface area contributed by atoms with Crippen molar-refractivity contribution in [3.05, 3.63) is 46.2 Å². The third-order valence-corrected chi connectivity index (χ3v) is 3.71. The number of hydrogen-bond donors (Lipinski definition) is 1. The highest BCUT2D eigenvalue weighted by atomic mass is 16.4. The van der Waals surface area contributed by atoms with Crippen LogP contribution in [-0.4, -0.2) is 15.6 Å². The lowest BCUT2D eigenvalue weighted by molar-refractivity contribution is 0.0698. The maximum atomic E-state index is 12.1. The van der Waals surface area contributed by atoms with Gasteiger partial charge in [-0.05, 0) is 18.4 Å². The van der Waals surface area contributed by atoms with Crippen molar-refractivity contribution < 1.29 is 9.90 Å². The van der Waals surface area contributed by atoms with Crippen molar-refractivity contribution in [1.29, 1.82) is 0 Å². The molecule has 1 fully saturated rings. The number of carbonyl (C=O) groups is 1. The number of carboxylic acids is 1. The molecule has 98 valence electrons. The van der Waals surface area contributed by atoms with Gasteiger partial charge in [-0.1, -0.05) is 31.0 Å². The molecular weight excluding hydrogens is 242 g/mol. The van der Waals surface area contributed by atoms with Crippen LogP contribution in [0.15, 0.2) is 35.1 Å². The van der Waals surface area contributed by atoms with Crippen LogP contribution in [0.1, 0.15) is 29.6 Å². The summed E-state index contributed by atoms with van der Waals surface area (Å²) in [5.41, 5.74) is 0.577. The van der Waals surface area contributed by atoms with Crippen molar-refractivity contribution in [3.63, 3.8) is 0 Å². The molecule has 1 aromatic carbocycles. The third-order valence-electron chi connectivity index (χ3n) is 3.71. The average Bonchev–Trinajstić information content (AvgIpc) is 3.20. The number of pyridine rings is 1. The van der Waals surface area contributed by atoms with Crippen molar-refractivity contribution in [2.45, 2.75) is 25.8 Å². The highest BCUT2D eigenvalue weighted by molar-refractivity contribution is 6.02. The molecule has 0 bridgehead atoms. The molecule has 1 saturated carbocycles. The number of benzene rings is 1. The molecule has 4 nitrogen and oxygen atoms in total. The summed E-state index contributed by atoms with van der Waals surface area (Å²) in [6, 6.07) is 8.44. The second-order valence-electron chi connectivity index (χ2n) is 5.10. The fourth-order valence-corrected chi connectivity index (χ4v) is 2.46. The molecule has 19 heavy (non-hydrogen) atoms. The first-order valence-corrected chi connectivity index (χ1v) is 6.52. The first-order chi connectivity index (χ1) is 9.16. The Morgan fingerprint density at radius 3 is 2.74 bits per heavy atom. The van der Waals surface area contributed by atoms with E-state index in [1.807, 2.05) is 12.1 Å². The minimum atomic E-state index is -1.05. The molecule has 2 aromatic rings. The van der Waals surface area contributed by atoms with E-state index in [1.54, 1.807) is 16.7 Å². The quantitative estimate of drug-likeness (QED) is 0.915. The van der Waals surface area contributed by atoms with Crippen LogP contribution in [-0.2, 0) is 6.54 Å². The molecule has 1 heterocycles. The van der Waals surface area contributed by atoms with E-state index in [0.29, 0.717) is 17.4 Å². The highest BCUT2D eigenvalue weighted by Gasteiger charge is 2.21. The predicted molar refractivity (Wildman–Crippen MR) is 72.5 cm³/mol. The topological polar surface area (TPSA) is 59.3 Å². The SMILES string of the molecule is O=C(O)c1cc(=O)n(CCC2CC2)c2ccccc12. The zero-order chi connectivity index (χ0) is 13.4. The summed E-state index contributed by atoms with van der Waals surface area (Å²) in [6.45, 7) is 0.671. The minimum Gasteiger partial charge on any atom is -0.478 e. The fraction of sp³-hybridized carbons (Fsp3) is 0.333. The van der Waals surface area contributed by atoms with Crippen LogP contribution in [0.3, 0.4) is 0 Å². The first kappa shape index (κ1) is 12.0. The Balaban J connectivity index is 2.15. The van der Waals surface area contributed by atoms with E-state index in [1.165, 1.54) is 18.9 Å². The third kappa shape index (κ3) is 2.26. The summed E-state index contributed by atoms with van der Waals surface area (Å²) in [7, 11) is 0. The van der Waals surface area contributed by atoms with E-state index in [2.05, 4.69) is 0 Å². The smallest absolute Gasteiger partial charge is 0.336 e. The summed E-state index contributed by atoms with van der Waals surface area (Å²) in [6.07, 6.45) is 3.50. The second-order valence-corrected chi connectivity index (χ2v) is 5.10. The van der Waals surface area contributed by atoms with Gasteiger partial charge in [-0.15, -0.1) is 0 Å². The van der Waals surface area contributed by atoms with Crippen LogP contribution in [0.5, 0.6) is 0 Å². The monoisotopic (exact) mass is 257 g/mol. The standard InChI is InChI=1S/C15H15NO3/c17-14-9-12(15(18)19)11-3-1-2-4-13(11)16(14)8-7-10-5-6-10/h1-4,9-10H,5-8H2,(H,18,19). The number of nitrogens with zero attached hydrogens (tertiary/aromatic N) is 1. The summed E-state index contributed by atoms with van der Waals surface area (Å²) in [5, 5.41) is 9.81. The Kier molecular flexibility index (Phi) is 2.85. The number of aromatic carboxylic acids is 1. The van der Waals surface area contributed by atoms with Crippen LogP contribution >= 0.6 is 0 Å². The molecule has 4 heteroatoms. The number of fused-ring (bicyclic) bond motifs is 1. The number of hydrogen-bond acceptors (Lipinski definition) is 2. The predicted octanol–water partition coefficient (Wildman–Crippen LogP) is 2.50. The normalized spacial score (nSPS) is 14.7. The van der Waals surface area contributed by atoms with Crippen LogP contribution in [0.2, 0.25) is 0 Å². The van der Waals surface area contributed by atoms with Gasteiger partial charge >= 0.3 is 5.97 Å². The van der Waals surface area contributed by atoms with Gasteiger partial charge in [0.15, 0.2) is 0 Å². The lowest BCUT2D eigenvalue weighted by Gasteiger charge is -2.11. The van der Waals surface area contributed by atoms with Crippen molar-refractivity contribution in [2.24, 2.45) is 5.92 Å². The van der Waals surface area contributed by atoms with Gasteiger partial charge in [0, 0.05) is 18.0 Å². The van der Waals surface area contributed by atoms with Crippen molar-refractivity contribution in [1.82, 2.24) is 4.57 Å². The Morgan fingerprint density at radius 2 is 2.05 bits per heavy atom. The lowest BCUT2D eigenvalue weighted by Crippen LogP contribution is -2.22. The molecule has 0 unspecified atom stereocenters. The molecule has 1 aliphatic carbocycles. The number of aryl methyl sites for hydroxylation is 1. The fourth-order valence-electron chi connectivity index (χ4n) is 2.46. The number of carboxylic acid groups (broad SMARTS) is 1. The zero-order valence-corrected chi connectivity index (χ0v) is 10.5. The Hall–Kier alpha value is -2.10. The van der Waals surface area contributed by atoms with Gasteiger partial charge < -0.3 is 9.67 Å². The van der Waals surface area contributed by atoms with Gasteiger partial charge in [0.1, 0.15) is 0 Å². The molecule has 3 rings (SSSR count). The van der Waals surface area contributed by atoms with Gasteiger partial charge in [-0.2, -0.15) is 0 Å². The second kappa shape index (κ2) is 4.53. The molecule has 1 aliphatic rings. The first-order valence-electron chi connectivity index (χ1n) is 6.52. The number of rotatable bonds is 4. The minimum absolute atomic E-state index is 0.0864. The molecule has 0 amide bonds. The van der Waals surface area contributed by atoms with Crippen LogP contribution < -0.4 is 5.56 Å². The van der Waals surface area contributed by atoms with Crippen molar-refractivity contribution >= 4 is 16.9 Å². The van der Waals surface area contributed by atoms with E-state index in [9.17, 15) is 14.7 Å². The van der Waals surface area contributed by atoms with Gasteiger partial charge in [0.2, 0.25) is 0 Å². The maximum Gasteiger partial charge on any atom is 0.336 e. The van der Waals surface area contributed by atoms with Crippen molar-refractivity contribution in [2.75, 3.05) is 0 Å². The van der Waals surface area contributed by atoms with Crippen LogP contribution in [0.25, 0.3) is 10.9 Å². The van der Waals surface area contributed by atoms with Crippen LogP contribution in [0.4, 0.5) is 0 Å². The van der Waals surface area contributed by atoms with Gasteiger partial charge in [-0.3, -0.25) is 4.79 Å². The molecule has 1 aromatic heterocycles. The molecule has 1 N–H and O–H groups in total. The van der Waals surface area contributed by atoms with Gasteiger partial charge in [0.25, 0.3) is 5.56 Å². The summed E-state index contributed by atoms with van der Waals surface area (Å²) >= 11 is 0. The van der Waals surface area contributed by atoms with Gasteiger partial charge in [0.05, 0.1) is 11.1 Å². The van der Waals surface area contributed by atoms with E-state index >= 15 is 0 Å². The zero-order valence-electron chi connectivity index (χ0n) is 10.5. The van der Waals surface area contributed by atoms with E-state index < -0.39 is 5.97 Å². The molecule has 0 radical (unpaired) electrons. The van der Waals surface area contributed by atoms with Gasteiger partial charge in [-0.25, -0.2) is 4.79 Å². The van der Waals surface area contributed by atoms with E-state index in [4.69, 9.17) is 0 Å². The van der Waals surface area contributed by atoms with E-state index in [-0.39, 0.29) is 11.1 Å². The highest BCUT2D eigenvalue weighted by Crippen LogP contribution is 2.33. The lowest BCUT2D eigenvalue weighted by atomic mass is 10.1. The number of aromatic nitrogens is 1. The summed E-state index contributed by atoms with van der Waals surface area (Å²) in [4.78, 5) is 23.3. The summed E-state index contributed by atoms with van der Waals surface area (Å²) in [5.74, 6) is -0.313. The Labute approximate surface area is 110 Å². The Morgan fingerprint density at radius 1 is 1.32 bits per heavy atom. The largest absolute Gasteiger partial charge is 0.478 e. The maximum absolute atomic E-state index is 12.1.